The minimum absolute atomic E-state index is 0.00903. The highest BCUT2D eigenvalue weighted by molar-refractivity contribution is 6.00. The zero-order chi connectivity index (χ0) is 11.1. The second-order valence-electron chi connectivity index (χ2n) is 5.12. The number of carbonyl (C=O) groups excluding carboxylic acids is 2. The molecule has 0 radical (unpaired) electrons. The van der Waals surface area contributed by atoms with Crippen LogP contribution in [0.4, 0.5) is 0 Å². The van der Waals surface area contributed by atoms with Gasteiger partial charge in [0.05, 0.1) is 0 Å². The lowest BCUT2D eigenvalue weighted by Crippen LogP contribution is -2.48. The molecule has 0 bridgehead atoms. The van der Waals surface area contributed by atoms with Gasteiger partial charge in [0, 0.05) is 23.7 Å². The Hall–Kier alpha value is -1.18. The molecule has 4 atom stereocenters. The summed E-state index contributed by atoms with van der Waals surface area (Å²) in [6.45, 7) is 0. The largest absolute Gasteiger partial charge is 0.299 e. The van der Waals surface area contributed by atoms with Crippen molar-refractivity contribution in [3.05, 3.63) is 24.3 Å². The second-order valence-corrected chi connectivity index (χ2v) is 5.12. The molecule has 2 nitrogen and oxygen atoms in total. The van der Waals surface area contributed by atoms with E-state index in [9.17, 15) is 9.59 Å². The fraction of sp³-hybridized carbons (Fsp3) is 0.571. The summed E-state index contributed by atoms with van der Waals surface area (Å²) in [6, 6.07) is 0. The van der Waals surface area contributed by atoms with E-state index in [-0.39, 0.29) is 23.7 Å². The zero-order valence-corrected chi connectivity index (χ0v) is 9.26. The molecule has 84 valence electrons. The Morgan fingerprint density at radius 2 is 0.875 bits per heavy atom. The number of fused-ring (bicyclic) bond motifs is 2. The molecular formula is C14H16O2. The molecule has 0 amide bonds. The number of rotatable bonds is 0. The van der Waals surface area contributed by atoms with Crippen molar-refractivity contribution in [3.63, 3.8) is 0 Å². The molecule has 3 rings (SSSR count). The molecule has 3 aliphatic rings. The summed E-state index contributed by atoms with van der Waals surface area (Å²) in [6.07, 6.45) is 11.4. The van der Waals surface area contributed by atoms with Gasteiger partial charge in [0.2, 0.25) is 0 Å². The number of allylic oxidation sites excluding steroid dienone is 4. The average Bonchev–Trinajstić information content (AvgIpc) is 2.36. The summed E-state index contributed by atoms with van der Waals surface area (Å²) in [4.78, 5) is 24.6. The van der Waals surface area contributed by atoms with Gasteiger partial charge < -0.3 is 0 Å². The van der Waals surface area contributed by atoms with Gasteiger partial charge in [0.15, 0.2) is 0 Å². The van der Waals surface area contributed by atoms with Crippen LogP contribution in [-0.4, -0.2) is 11.6 Å². The summed E-state index contributed by atoms with van der Waals surface area (Å²) < 4.78 is 0. The molecule has 0 aromatic carbocycles. The van der Waals surface area contributed by atoms with Crippen molar-refractivity contribution in [2.75, 3.05) is 0 Å². The smallest absolute Gasteiger partial charge is 0.141 e. The molecule has 1 fully saturated rings. The molecule has 0 aromatic rings. The van der Waals surface area contributed by atoms with E-state index < -0.39 is 0 Å². The topological polar surface area (TPSA) is 34.1 Å². The maximum absolute atomic E-state index is 12.3. The number of carbonyl (C=O) groups is 2. The van der Waals surface area contributed by atoms with Gasteiger partial charge in [-0.1, -0.05) is 24.3 Å². The van der Waals surface area contributed by atoms with Crippen molar-refractivity contribution in [2.45, 2.75) is 25.7 Å². The lowest BCUT2D eigenvalue weighted by atomic mass is 9.60. The van der Waals surface area contributed by atoms with E-state index in [0.29, 0.717) is 11.6 Å². The molecule has 2 heteroatoms. The molecular weight excluding hydrogens is 200 g/mol. The Morgan fingerprint density at radius 3 is 1.12 bits per heavy atom. The second kappa shape index (κ2) is 3.69. The summed E-state index contributed by atoms with van der Waals surface area (Å²) in [7, 11) is 0. The van der Waals surface area contributed by atoms with E-state index in [2.05, 4.69) is 24.3 Å². The third-order valence-electron chi connectivity index (χ3n) is 4.33. The maximum Gasteiger partial charge on any atom is 0.141 e. The summed E-state index contributed by atoms with van der Waals surface area (Å²) in [5.41, 5.74) is 0. The van der Waals surface area contributed by atoms with Crippen LogP contribution in [0.25, 0.3) is 0 Å². The Bertz CT molecular complexity index is 322. The van der Waals surface area contributed by atoms with Gasteiger partial charge in [-0.3, -0.25) is 9.59 Å². The monoisotopic (exact) mass is 216 g/mol. The molecule has 3 aliphatic carbocycles. The number of hydrogen-bond donors (Lipinski definition) is 0. The van der Waals surface area contributed by atoms with Crippen molar-refractivity contribution in [3.8, 4) is 0 Å². The fourth-order valence-corrected chi connectivity index (χ4v) is 3.44. The number of hydrogen-bond acceptors (Lipinski definition) is 2. The highest BCUT2D eigenvalue weighted by atomic mass is 16.1. The van der Waals surface area contributed by atoms with Gasteiger partial charge in [0.1, 0.15) is 11.6 Å². The highest BCUT2D eigenvalue weighted by Crippen LogP contribution is 2.43. The molecule has 4 unspecified atom stereocenters. The highest BCUT2D eigenvalue weighted by Gasteiger charge is 2.48. The van der Waals surface area contributed by atoms with E-state index in [0.717, 1.165) is 25.7 Å². The first-order chi connectivity index (χ1) is 7.79. The van der Waals surface area contributed by atoms with E-state index in [1.165, 1.54) is 0 Å². The van der Waals surface area contributed by atoms with Crippen molar-refractivity contribution >= 4 is 11.6 Å². The van der Waals surface area contributed by atoms with Gasteiger partial charge in [0.25, 0.3) is 0 Å². The average molecular weight is 216 g/mol. The first-order valence-corrected chi connectivity index (χ1v) is 6.16. The Labute approximate surface area is 95.4 Å². The van der Waals surface area contributed by atoms with Crippen molar-refractivity contribution in [1.82, 2.24) is 0 Å². The van der Waals surface area contributed by atoms with Gasteiger partial charge in [-0.15, -0.1) is 0 Å². The van der Waals surface area contributed by atoms with E-state index >= 15 is 0 Å². The number of ketones is 2. The molecule has 1 saturated carbocycles. The molecule has 0 heterocycles. The molecule has 16 heavy (non-hydrogen) atoms. The van der Waals surface area contributed by atoms with Crippen LogP contribution in [0, 0.1) is 23.7 Å². The number of Topliss-reactive ketones (excluding diaryl/α,β-unsaturated/α-hetero) is 2. The van der Waals surface area contributed by atoms with E-state index in [4.69, 9.17) is 0 Å². The fourth-order valence-electron chi connectivity index (χ4n) is 3.44. The SMILES string of the molecule is O=C1C2CC=CCC2C(=O)C2CC=CCC12. The Morgan fingerprint density at radius 1 is 0.625 bits per heavy atom. The Kier molecular flexibility index (Phi) is 2.31. The predicted molar refractivity (Wildman–Crippen MR) is 60.7 cm³/mol. The van der Waals surface area contributed by atoms with Crippen LogP contribution in [0.2, 0.25) is 0 Å². The van der Waals surface area contributed by atoms with Crippen LogP contribution in [0.1, 0.15) is 25.7 Å². The van der Waals surface area contributed by atoms with Gasteiger partial charge in [-0.05, 0) is 25.7 Å². The van der Waals surface area contributed by atoms with Crippen molar-refractivity contribution in [1.29, 1.82) is 0 Å². The minimum atomic E-state index is -0.00903. The lowest BCUT2D eigenvalue weighted by molar-refractivity contribution is -0.147. The van der Waals surface area contributed by atoms with Crippen molar-refractivity contribution in [2.24, 2.45) is 23.7 Å². The maximum atomic E-state index is 12.3. The van der Waals surface area contributed by atoms with Crippen molar-refractivity contribution < 1.29 is 9.59 Å². The minimum Gasteiger partial charge on any atom is -0.299 e. The van der Waals surface area contributed by atoms with Crippen LogP contribution in [0.15, 0.2) is 24.3 Å². The molecule has 0 aliphatic heterocycles. The van der Waals surface area contributed by atoms with Crippen LogP contribution in [0.5, 0.6) is 0 Å². The molecule has 0 spiro atoms. The van der Waals surface area contributed by atoms with Crippen LogP contribution < -0.4 is 0 Å². The first-order valence-electron chi connectivity index (χ1n) is 6.16. The van der Waals surface area contributed by atoms with Crippen LogP contribution >= 0.6 is 0 Å². The third kappa shape index (κ3) is 1.32. The molecule has 0 saturated heterocycles. The van der Waals surface area contributed by atoms with Gasteiger partial charge in [-0.25, -0.2) is 0 Å². The lowest BCUT2D eigenvalue weighted by Gasteiger charge is -2.40. The van der Waals surface area contributed by atoms with E-state index in [1.54, 1.807) is 0 Å². The van der Waals surface area contributed by atoms with Gasteiger partial charge in [-0.2, -0.15) is 0 Å². The third-order valence-corrected chi connectivity index (χ3v) is 4.33. The summed E-state index contributed by atoms with van der Waals surface area (Å²) in [5.74, 6) is 0.664. The Balaban J connectivity index is 1.96. The van der Waals surface area contributed by atoms with Gasteiger partial charge >= 0.3 is 0 Å². The van der Waals surface area contributed by atoms with E-state index in [1.807, 2.05) is 0 Å². The summed E-state index contributed by atoms with van der Waals surface area (Å²) in [5, 5.41) is 0. The zero-order valence-electron chi connectivity index (χ0n) is 9.26. The summed E-state index contributed by atoms with van der Waals surface area (Å²) >= 11 is 0. The quantitative estimate of drug-likeness (QED) is 0.582. The molecule has 0 aromatic heterocycles. The normalized spacial score (nSPS) is 41.8. The standard InChI is InChI=1S/C14H16O2/c15-13-9-5-1-2-6-10(9)14(16)12-8-4-3-7-11(12)13/h1-4,9-12H,5-8H2. The molecule has 0 N–H and O–H groups in total. The van der Waals surface area contributed by atoms with Crippen LogP contribution in [-0.2, 0) is 9.59 Å². The predicted octanol–water partition coefficient (Wildman–Crippen LogP) is 2.30. The first kappa shape index (κ1) is 10.0. The van der Waals surface area contributed by atoms with Crippen LogP contribution in [0.3, 0.4) is 0 Å².